The average Bonchev–Trinajstić information content (AvgIpc) is 2.68. The van der Waals surface area contributed by atoms with Gasteiger partial charge in [-0.25, -0.2) is 17.9 Å². The molecule has 0 unspecified atom stereocenters. The van der Waals surface area contributed by atoms with E-state index in [1.54, 1.807) is 0 Å². The van der Waals surface area contributed by atoms with Gasteiger partial charge in [-0.05, 0) is 26.0 Å². The molecule has 5 N–H and O–H groups in total. The third kappa shape index (κ3) is 7.42. The van der Waals surface area contributed by atoms with Crippen molar-refractivity contribution in [2.75, 3.05) is 47.5 Å². The van der Waals surface area contributed by atoms with Gasteiger partial charge < -0.3 is 20.4 Å². The number of aliphatic hydroxyl groups is 1. The van der Waals surface area contributed by atoms with Crippen LogP contribution in [0.3, 0.4) is 0 Å². The van der Waals surface area contributed by atoms with Crippen molar-refractivity contribution in [3.8, 4) is 0 Å². The molecule has 0 fully saturated rings. The highest BCUT2D eigenvalue weighted by atomic mass is 32.2. The second-order valence-corrected chi connectivity index (χ2v) is 8.31. The fraction of sp³-hybridized carbons (Fsp3) is 0.412. The lowest BCUT2D eigenvalue weighted by Crippen LogP contribution is -2.38. The fourth-order valence-corrected chi connectivity index (χ4v) is 2.96. The van der Waals surface area contributed by atoms with E-state index >= 15 is 0 Å². The maximum absolute atomic E-state index is 11.6. The quantitative estimate of drug-likeness (QED) is 0.337. The molecule has 1 amide bonds. The molecule has 0 spiro atoms. The molecule has 0 aliphatic carbocycles. The first-order valence-corrected chi connectivity index (χ1v) is 10.8. The zero-order chi connectivity index (χ0) is 22.1. The van der Waals surface area contributed by atoms with Gasteiger partial charge in [0.15, 0.2) is 0 Å². The predicted octanol–water partition coefficient (Wildman–Crippen LogP) is 0.752. The van der Waals surface area contributed by atoms with Crippen molar-refractivity contribution in [1.82, 2.24) is 19.7 Å². The average molecular weight is 439 g/mol. The van der Waals surface area contributed by atoms with Gasteiger partial charge in [0, 0.05) is 25.3 Å². The summed E-state index contributed by atoms with van der Waals surface area (Å²) in [5.41, 5.74) is 1.75. The number of aryl methyl sites for hydroxylation is 1. The Kier molecular flexibility index (Phi) is 8.26. The number of anilines is 4. The van der Waals surface area contributed by atoms with Crippen LogP contribution in [0.2, 0.25) is 0 Å². The Bertz CT molecular complexity index is 953. The summed E-state index contributed by atoms with van der Waals surface area (Å²) in [6, 6.07) is 7.40. The van der Waals surface area contributed by atoms with Gasteiger partial charge in [0.1, 0.15) is 0 Å². The predicted molar refractivity (Wildman–Crippen MR) is 113 cm³/mol. The second-order valence-electron chi connectivity index (χ2n) is 6.21. The zero-order valence-electron chi connectivity index (χ0n) is 16.7. The summed E-state index contributed by atoms with van der Waals surface area (Å²) in [5.74, 6) is -0.104. The van der Waals surface area contributed by atoms with Gasteiger partial charge in [-0.15, -0.1) is 0 Å². The first kappa shape index (κ1) is 23.3. The van der Waals surface area contributed by atoms with Gasteiger partial charge >= 0.3 is 6.09 Å². The summed E-state index contributed by atoms with van der Waals surface area (Å²) in [7, 11) is -3.38. The lowest BCUT2D eigenvalue weighted by atomic mass is 10.2. The highest BCUT2D eigenvalue weighted by Crippen LogP contribution is 2.18. The summed E-state index contributed by atoms with van der Waals surface area (Å²) in [4.78, 5) is 24.9. The van der Waals surface area contributed by atoms with Crippen LogP contribution in [-0.2, 0) is 10.0 Å². The lowest BCUT2D eigenvalue weighted by molar-refractivity contribution is 0.209. The molecule has 164 valence electrons. The summed E-state index contributed by atoms with van der Waals surface area (Å²) in [6.07, 6.45) is -1.35. The van der Waals surface area contributed by atoms with E-state index in [1.165, 1.54) is 11.8 Å². The van der Waals surface area contributed by atoms with Gasteiger partial charge in [-0.2, -0.15) is 15.0 Å². The molecule has 30 heavy (non-hydrogen) atoms. The first-order chi connectivity index (χ1) is 14.2. The topological polar surface area (TPSA) is 170 Å². The number of carboxylic acid groups (broad SMARTS) is 1. The molecular weight excluding hydrogens is 414 g/mol. The molecule has 0 aliphatic heterocycles. The van der Waals surface area contributed by atoms with Crippen LogP contribution in [-0.4, -0.2) is 71.7 Å². The number of hydrogen-bond acceptors (Lipinski definition) is 9. The summed E-state index contributed by atoms with van der Waals surface area (Å²) < 4.78 is 25.7. The maximum Gasteiger partial charge on any atom is 0.411 e. The van der Waals surface area contributed by atoms with E-state index in [0.717, 1.165) is 5.56 Å². The molecule has 13 heteroatoms. The Morgan fingerprint density at radius 1 is 1.10 bits per heavy atom. The maximum atomic E-state index is 11.6. The fourth-order valence-electron chi connectivity index (χ4n) is 2.35. The number of rotatable bonds is 11. The molecule has 12 nitrogen and oxygen atoms in total. The van der Waals surface area contributed by atoms with Gasteiger partial charge in [0.05, 0.1) is 12.4 Å². The van der Waals surface area contributed by atoms with Gasteiger partial charge in [-0.3, -0.25) is 5.32 Å². The number of benzene rings is 1. The monoisotopic (exact) mass is 439 g/mol. The molecule has 1 aromatic heterocycles. The number of nitrogens with one attached hydrogen (secondary N) is 3. The third-order valence-electron chi connectivity index (χ3n) is 3.89. The van der Waals surface area contributed by atoms with E-state index < -0.39 is 16.1 Å². The number of hydrogen-bond donors (Lipinski definition) is 5. The molecule has 2 aromatic rings. The third-order valence-corrected chi connectivity index (χ3v) is 5.29. The van der Waals surface area contributed by atoms with Crippen molar-refractivity contribution >= 4 is 39.6 Å². The summed E-state index contributed by atoms with van der Waals surface area (Å²) in [5, 5.41) is 23.4. The van der Waals surface area contributed by atoms with Gasteiger partial charge in [-0.1, -0.05) is 17.7 Å². The molecule has 0 aliphatic rings. The van der Waals surface area contributed by atoms with Crippen LogP contribution in [0.25, 0.3) is 0 Å². The van der Waals surface area contributed by atoms with Crippen LogP contribution in [0.15, 0.2) is 24.3 Å². The first-order valence-electron chi connectivity index (χ1n) is 9.15. The Morgan fingerprint density at radius 2 is 1.77 bits per heavy atom. The molecule has 0 bridgehead atoms. The number of sulfonamides is 1. The molecule has 0 atom stereocenters. The van der Waals surface area contributed by atoms with Crippen molar-refractivity contribution < 1.29 is 23.4 Å². The normalized spacial score (nSPS) is 11.2. The number of carbonyl (C=O) groups is 1. The largest absolute Gasteiger partial charge is 0.465 e. The van der Waals surface area contributed by atoms with Gasteiger partial charge in [0.2, 0.25) is 27.9 Å². The molecule has 1 heterocycles. The van der Waals surface area contributed by atoms with Crippen LogP contribution in [0.5, 0.6) is 0 Å². The van der Waals surface area contributed by atoms with E-state index in [0.29, 0.717) is 5.69 Å². The Labute approximate surface area is 174 Å². The standard InChI is InChI=1S/C17H25N7O5S/c1-3-30(28,29)18-8-9-24(10-11-25)16-21-14(20-15(22-16)23-17(26)27)19-13-6-4-12(2)5-7-13/h4-7,18,25H,3,8-11H2,1-2H3,(H,26,27)(H2,19,20,21,22,23). The zero-order valence-corrected chi connectivity index (χ0v) is 17.5. The molecular formula is C17H25N7O5S. The molecule has 1 aromatic carbocycles. The lowest BCUT2D eigenvalue weighted by Gasteiger charge is -2.22. The molecule has 2 rings (SSSR count). The Balaban J connectivity index is 2.28. The van der Waals surface area contributed by atoms with Crippen LogP contribution < -0.4 is 20.3 Å². The highest BCUT2D eigenvalue weighted by molar-refractivity contribution is 7.89. The second kappa shape index (κ2) is 10.7. The number of nitrogens with zero attached hydrogens (tertiary/aromatic N) is 4. The van der Waals surface area contributed by atoms with E-state index in [2.05, 4.69) is 30.3 Å². The van der Waals surface area contributed by atoms with E-state index in [-0.39, 0.29) is 49.8 Å². The minimum atomic E-state index is -3.38. The van der Waals surface area contributed by atoms with Crippen LogP contribution in [0.4, 0.5) is 28.3 Å². The summed E-state index contributed by atoms with van der Waals surface area (Å²) in [6.45, 7) is 3.54. The van der Waals surface area contributed by atoms with Crippen LogP contribution >= 0.6 is 0 Å². The Hall–Kier alpha value is -3.03. The molecule has 0 radical (unpaired) electrons. The smallest absolute Gasteiger partial charge is 0.411 e. The van der Waals surface area contributed by atoms with Crippen molar-refractivity contribution in [1.29, 1.82) is 0 Å². The minimum Gasteiger partial charge on any atom is -0.465 e. The number of aromatic nitrogens is 3. The SMILES string of the molecule is CCS(=O)(=O)NCCN(CCO)c1nc(NC(=O)O)nc(Nc2ccc(C)cc2)n1. The van der Waals surface area contributed by atoms with Crippen molar-refractivity contribution in [3.63, 3.8) is 0 Å². The van der Waals surface area contributed by atoms with Crippen molar-refractivity contribution in [2.24, 2.45) is 0 Å². The van der Waals surface area contributed by atoms with Gasteiger partial charge in [0.25, 0.3) is 0 Å². The highest BCUT2D eigenvalue weighted by Gasteiger charge is 2.16. The Morgan fingerprint density at radius 3 is 2.37 bits per heavy atom. The van der Waals surface area contributed by atoms with E-state index in [9.17, 15) is 18.3 Å². The van der Waals surface area contributed by atoms with Crippen LogP contribution in [0.1, 0.15) is 12.5 Å². The summed E-state index contributed by atoms with van der Waals surface area (Å²) >= 11 is 0. The van der Waals surface area contributed by atoms with E-state index in [1.807, 2.05) is 31.2 Å². The van der Waals surface area contributed by atoms with Crippen molar-refractivity contribution in [2.45, 2.75) is 13.8 Å². The van der Waals surface area contributed by atoms with E-state index in [4.69, 9.17) is 5.11 Å². The molecule has 0 saturated carbocycles. The number of amides is 1. The minimum absolute atomic E-state index is 0.0595. The van der Waals surface area contributed by atoms with Crippen molar-refractivity contribution in [3.05, 3.63) is 29.8 Å². The molecule has 0 saturated heterocycles. The van der Waals surface area contributed by atoms with Crippen LogP contribution in [0, 0.1) is 6.92 Å². The number of aliphatic hydroxyl groups excluding tert-OH is 1.